The zero-order valence-corrected chi connectivity index (χ0v) is 8.20. The minimum Gasteiger partial charge on any atom is -0.381 e. The van der Waals surface area contributed by atoms with Crippen LogP contribution >= 0.6 is 0 Å². The highest BCUT2D eigenvalue weighted by Gasteiger charge is 1.99. The van der Waals surface area contributed by atoms with E-state index < -0.39 is 0 Å². The van der Waals surface area contributed by atoms with Crippen molar-refractivity contribution in [3.05, 3.63) is 36.7 Å². The number of aromatic nitrogens is 1. The topological polar surface area (TPSA) is 48.7 Å². The zero-order chi connectivity index (χ0) is 10.4. The van der Waals surface area contributed by atoms with Crippen LogP contribution in [0.2, 0.25) is 0 Å². The molecule has 0 saturated carbocycles. The molecule has 0 saturated heterocycles. The van der Waals surface area contributed by atoms with Gasteiger partial charge in [0.25, 0.3) is 0 Å². The average Bonchev–Trinajstić information content (AvgIpc) is 2.19. The molecule has 1 aromatic heterocycles. The zero-order valence-electron chi connectivity index (χ0n) is 8.20. The van der Waals surface area contributed by atoms with Crippen LogP contribution in [0.3, 0.4) is 0 Å². The fraction of sp³-hybridized carbons (Fsp3) is 0.273. The number of nitrogens with one attached hydrogen (secondary N) is 1. The lowest BCUT2D eigenvalue weighted by Crippen LogP contribution is -2.13. The Kier molecular flexibility index (Phi) is 3.69. The molecule has 14 heavy (non-hydrogen) atoms. The minimum atomic E-state index is 0.335. The van der Waals surface area contributed by atoms with Crippen molar-refractivity contribution in [3.63, 3.8) is 0 Å². The Hall–Kier alpha value is -1.82. The lowest BCUT2D eigenvalue weighted by Gasteiger charge is -2.12. The van der Waals surface area contributed by atoms with Crippen LogP contribution in [0.5, 0.6) is 0 Å². The largest absolute Gasteiger partial charge is 0.381 e. The Morgan fingerprint density at radius 3 is 3.00 bits per heavy atom. The van der Waals surface area contributed by atoms with Crippen LogP contribution in [0.25, 0.3) is 0 Å². The quantitative estimate of drug-likeness (QED) is 0.736. The van der Waals surface area contributed by atoms with E-state index >= 15 is 0 Å². The Morgan fingerprint density at radius 2 is 2.50 bits per heavy atom. The molecule has 1 N–H and O–H groups in total. The fourth-order valence-corrected chi connectivity index (χ4v) is 1.14. The molecule has 1 atom stereocenters. The van der Waals surface area contributed by atoms with Crippen LogP contribution in [-0.2, 0) is 0 Å². The Morgan fingerprint density at radius 1 is 1.71 bits per heavy atom. The Labute approximate surface area is 84.1 Å². The van der Waals surface area contributed by atoms with Crippen LogP contribution in [0.1, 0.15) is 19.0 Å². The van der Waals surface area contributed by atoms with Gasteiger partial charge in [-0.05, 0) is 25.5 Å². The molecule has 0 bridgehead atoms. The molecule has 0 aliphatic carbocycles. The van der Waals surface area contributed by atoms with E-state index in [0.29, 0.717) is 11.7 Å². The highest BCUT2D eigenvalue weighted by molar-refractivity contribution is 5.43. The van der Waals surface area contributed by atoms with Gasteiger partial charge in [0.2, 0.25) is 0 Å². The highest BCUT2D eigenvalue weighted by atomic mass is 14.9. The molecule has 1 heterocycles. The standard InChI is InChI=1S/C11H13N3/c1-3-4-9(2)14-11-6-5-10(7-12)13-8-11/h3,5-6,8-9,14H,1,4H2,2H3. The Balaban J connectivity index is 2.60. The number of anilines is 1. The third-order valence-electron chi connectivity index (χ3n) is 1.81. The molecule has 0 aliphatic rings. The van der Waals surface area contributed by atoms with E-state index in [0.717, 1.165) is 12.1 Å². The van der Waals surface area contributed by atoms with Gasteiger partial charge < -0.3 is 5.32 Å². The summed E-state index contributed by atoms with van der Waals surface area (Å²) in [5.74, 6) is 0. The first-order valence-electron chi connectivity index (χ1n) is 4.50. The SMILES string of the molecule is C=CCC(C)Nc1ccc(C#N)nc1. The van der Waals surface area contributed by atoms with Gasteiger partial charge in [-0.2, -0.15) is 5.26 Å². The van der Waals surface area contributed by atoms with E-state index in [9.17, 15) is 0 Å². The molecule has 0 spiro atoms. The summed E-state index contributed by atoms with van der Waals surface area (Å²) in [5, 5.41) is 11.8. The average molecular weight is 187 g/mol. The van der Waals surface area contributed by atoms with E-state index in [1.165, 1.54) is 0 Å². The number of nitriles is 1. The van der Waals surface area contributed by atoms with Crippen molar-refractivity contribution < 1.29 is 0 Å². The second kappa shape index (κ2) is 5.03. The maximum atomic E-state index is 8.55. The maximum Gasteiger partial charge on any atom is 0.140 e. The predicted octanol–water partition coefficient (Wildman–Crippen LogP) is 2.33. The Bertz CT molecular complexity index is 335. The van der Waals surface area contributed by atoms with Crippen LogP contribution in [-0.4, -0.2) is 11.0 Å². The number of pyridine rings is 1. The van der Waals surface area contributed by atoms with Crippen LogP contribution in [0, 0.1) is 11.3 Å². The first-order chi connectivity index (χ1) is 6.76. The molecule has 0 amide bonds. The van der Waals surface area contributed by atoms with Crippen LogP contribution in [0.4, 0.5) is 5.69 Å². The number of hydrogen-bond acceptors (Lipinski definition) is 3. The maximum absolute atomic E-state index is 8.55. The number of rotatable bonds is 4. The van der Waals surface area contributed by atoms with Gasteiger partial charge in [0, 0.05) is 6.04 Å². The van der Waals surface area contributed by atoms with Crippen molar-refractivity contribution in [2.75, 3.05) is 5.32 Å². The molecule has 1 rings (SSSR count). The van der Waals surface area contributed by atoms with E-state index in [-0.39, 0.29) is 0 Å². The van der Waals surface area contributed by atoms with E-state index in [1.807, 2.05) is 18.2 Å². The third-order valence-corrected chi connectivity index (χ3v) is 1.81. The van der Waals surface area contributed by atoms with Gasteiger partial charge in [0.05, 0.1) is 11.9 Å². The van der Waals surface area contributed by atoms with Gasteiger partial charge in [-0.1, -0.05) is 6.08 Å². The molecular weight excluding hydrogens is 174 g/mol. The molecule has 1 unspecified atom stereocenters. The molecule has 0 radical (unpaired) electrons. The van der Waals surface area contributed by atoms with Crippen molar-refractivity contribution in [2.45, 2.75) is 19.4 Å². The number of nitrogens with zero attached hydrogens (tertiary/aromatic N) is 2. The van der Waals surface area contributed by atoms with E-state index in [2.05, 4.69) is 23.8 Å². The summed E-state index contributed by atoms with van der Waals surface area (Å²) in [6, 6.07) is 5.86. The van der Waals surface area contributed by atoms with Crippen molar-refractivity contribution in [2.24, 2.45) is 0 Å². The summed E-state index contributed by atoms with van der Waals surface area (Å²) in [7, 11) is 0. The summed E-state index contributed by atoms with van der Waals surface area (Å²) in [6.07, 6.45) is 4.44. The molecule has 72 valence electrons. The van der Waals surface area contributed by atoms with Gasteiger partial charge in [0.15, 0.2) is 0 Å². The fourth-order valence-electron chi connectivity index (χ4n) is 1.14. The lowest BCUT2D eigenvalue weighted by molar-refractivity contribution is 0.813. The van der Waals surface area contributed by atoms with Gasteiger partial charge in [-0.3, -0.25) is 0 Å². The van der Waals surface area contributed by atoms with Crippen LogP contribution in [0.15, 0.2) is 31.0 Å². The van der Waals surface area contributed by atoms with Gasteiger partial charge in [-0.25, -0.2) is 4.98 Å². The van der Waals surface area contributed by atoms with Gasteiger partial charge >= 0.3 is 0 Å². The monoisotopic (exact) mass is 187 g/mol. The minimum absolute atomic E-state index is 0.335. The summed E-state index contributed by atoms with van der Waals surface area (Å²) in [4.78, 5) is 3.96. The highest BCUT2D eigenvalue weighted by Crippen LogP contribution is 2.08. The predicted molar refractivity (Wildman–Crippen MR) is 56.9 cm³/mol. The third kappa shape index (κ3) is 2.91. The van der Waals surface area contributed by atoms with Crippen LogP contribution < -0.4 is 5.32 Å². The normalized spacial score (nSPS) is 11.4. The summed E-state index contributed by atoms with van der Waals surface area (Å²) in [5.41, 5.74) is 1.37. The number of hydrogen-bond donors (Lipinski definition) is 1. The lowest BCUT2D eigenvalue weighted by atomic mass is 10.2. The first-order valence-corrected chi connectivity index (χ1v) is 4.50. The molecule has 3 heteroatoms. The molecular formula is C11H13N3. The van der Waals surface area contributed by atoms with Crippen molar-refractivity contribution >= 4 is 5.69 Å². The molecule has 0 fully saturated rings. The second-order valence-corrected chi connectivity index (χ2v) is 3.11. The van der Waals surface area contributed by atoms with E-state index in [1.54, 1.807) is 12.3 Å². The second-order valence-electron chi connectivity index (χ2n) is 3.11. The molecule has 1 aromatic rings. The van der Waals surface area contributed by atoms with E-state index in [4.69, 9.17) is 5.26 Å². The molecule has 3 nitrogen and oxygen atoms in total. The summed E-state index contributed by atoms with van der Waals surface area (Å²) >= 11 is 0. The molecule has 0 aliphatic heterocycles. The first kappa shape index (κ1) is 10.3. The van der Waals surface area contributed by atoms with Crippen molar-refractivity contribution in [3.8, 4) is 6.07 Å². The summed E-state index contributed by atoms with van der Waals surface area (Å²) < 4.78 is 0. The summed E-state index contributed by atoms with van der Waals surface area (Å²) in [6.45, 7) is 5.74. The van der Waals surface area contributed by atoms with Crippen molar-refractivity contribution in [1.29, 1.82) is 5.26 Å². The van der Waals surface area contributed by atoms with Crippen molar-refractivity contribution in [1.82, 2.24) is 4.98 Å². The van der Waals surface area contributed by atoms with Gasteiger partial charge in [0.1, 0.15) is 11.8 Å². The van der Waals surface area contributed by atoms with Gasteiger partial charge in [-0.15, -0.1) is 6.58 Å². The molecule has 0 aromatic carbocycles. The smallest absolute Gasteiger partial charge is 0.140 e.